The third-order valence-electron chi connectivity index (χ3n) is 2.80. The molecule has 1 saturated heterocycles. The average molecular weight is 215 g/mol. The van der Waals surface area contributed by atoms with Gasteiger partial charge in [0.1, 0.15) is 5.54 Å². The van der Waals surface area contributed by atoms with E-state index < -0.39 is 5.54 Å². The van der Waals surface area contributed by atoms with E-state index in [2.05, 4.69) is 10.1 Å². The molecular weight excluding hydrogens is 198 g/mol. The molecule has 5 heteroatoms. The van der Waals surface area contributed by atoms with E-state index in [0.717, 1.165) is 19.4 Å². The van der Waals surface area contributed by atoms with Crippen LogP contribution in [0.1, 0.15) is 25.7 Å². The average Bonchev–Trinajstić information content (AvgIpc) is 2.74. The Kier molecular flexibility index (Phi) is 4.08. The standard InChI is InChI=1S/C10H17NO4/c1-14-8(12)4-6-10(9(13)15-2)5-3-7-11-10/h11H,3-7H2,1-2H3/t10-/m0/s1. The predicted octanol–water partition coefficient (Wildman–Crippen LogP) is 0.235. The molecule has 0 saturated carbocycles. The van der Waals surface area contributed by atoms with Crippen LogP contribution in [0, 0.1) is 0 Å². The van der Waals surface area contributed by atoms with Crippen molar-refractivity contribution >= 4 is 11.9 Å². The van der Waals surface area contributed by atoms with Crippen molar-refractivity contribution in [3.8, 4) is 0 Å². The van der Waals surface area contributed by atoms with Crippen molar-refractivity contribution in [1.29, 1.82) is 0 Å². The second kappa shape index (κ2) is 5.11. The molecule has 1 atom stereocenters. The SMILES string of the molecule is COC(=O)CC[C@]1(C(=O)OC)CCCN1. The van der Waals surface area contributed by atoms with E-state index in [1.54, 1.807) is 0 Å². The maximum absolute atomic E-state index is 11.6. The second-order valence-corrected chi connectivity index (χ2v) is 3.68. The summed E-state index contributed by atoms with van der Waals surface area (Å²) in [6, 6.07) is 0. The number of methoxy groups -OCH3 is 2. The first-order valence-corrected chi connectivity index (χ1v) is 5.05. The van der Waals surface area contributed by atoms with E-state index >= 15 is 0 Å². The fraction of sp³-hybridized carbons (Fsp3) is 0.800. The number of carbonyl (C=O) groups is 2. The van der Waals surface area contributed by atoms with Crippen molar-refractivity contribution in [2.45, 2.75) is 31.2 Å². The van der Waals surface area contributed by atoms with Crippen LogP contribution in [-0.2, 0) is 19.1 Å². The number of ether oxygens (including phenoxy) is 2. The van der Waals surface area contributed by atoms with Crippen LogP contribution in [0.15, 0.2) is 0 Å². The summed E-state index contributed by atoms with van der Waals surface area (Å²) in [4.78, 5) is 22.6. The third kappa shape index (κ3) is 2.68. The first-order chi connectivity index (χ1) is 7.14. The lowest BCUT2D eigenvalue weighted by Crippen LogP contribution is -2.48. The molecule has 0 aromatic rings. The van der Waals surface area contributed by atoms with Crippen molar-refractivity contribution in [2.24, 2.45) is 0 Å². The van der Waals surface area contributed by atoms with Crippen LogP contribution in [0.4, 0.5) is 0 Å². The topological polar surface area (TPSA) is 64.6 Å². The van der Waals surface area contributed by atoms with Gasteiger partial charge in [0.15, 0.2) is 0 Å². The van der Waals surface area contributed by atoms with Gasteiger partial charge in [-0.1, -0.05) is 0 Å². The van der Waals surface area contributed by atoms with Gasteiger partial charge in [0.2, 0.25) is 0 Å². The smallest absolute Gasteiger partial charge is 0.326 e. The van der Waals surface area contributed by atoms with Crippen LogP contribution in [0.25, 0.3) is 0 Å². The van der Waals surface area contributed by atoms with Gasteiger partial charge in [0, 0.05) is 6.42 Å². The first-order valence-electron chi connectivity index (χ1n) is 5.05. The highest BCUT2D eigenvalue weighted by atomic mass is 16.5. The number of esters is 2. The molecule has 1 aliphatic heterocycles. The number of nitrogens with one attached hydrogen (secondary N) is 1. The fourth-order valence-corrected chi connectivity index (χ4v) is 1.91. The summed E-state index contributed by atoms with van der Waals surface area (Å²) in [5, 5.41) is 3.12. The lowest BCUT2D eigenvalue weighted by Gasteiger charge is -2.25. The molecule has 0 aromatic heterocycles. The van der Waals surface area contributed by atoms with Crippen molar-refractivity contribution in [3.63, 3.8) is 0 Å². The Bertz CT molecular complexity index is 246. The number of carbonyl (C=O) groups excluding carboxylic acids is 2. The van der Waals surface area contributed by atoms with Gasteiger partial charge in [0.25, 0.3) is 0 Å². The minimum absolute atomic E-state index is 0.235. The number of hydrogen-bond acceptors (Lipinski definition) is 5. The summed E-state index contributed by atoms with van der Waals surface area (Å²) in [6.45, 7) is 0.788. The zero-order valence-corrected chi connectivity index (χ0v) is 9.17. The Morgan fingerprint density at radius 3 is 2.53 bits per heavy atom. The molecule has 15 heavy (non-hydrogen) atoms. The zero-order valence-electron chi connectivity index (χ0n) is 9.17. The Labute approximate surface area is 89.1 Å². The molecule has 0 aromatic carbocycles. The molecule has 0 aliphatic carbocycles. The Balaban J connectivity index is 2.58. The van der Waals surface area contributed by atoms with E-state index in [0.29, 0.717) is 6.42 Å². The fourth-order valence-electron chi connectivity index (χ4n) is 1.91. The van der Waals surface area contributed by atoms with Gasteiger partial charge in [0.05, 0.1) is 14.2 Å². The monoisotopic (exact) mass is 215 g/mol. The van der Waals surface area contributed by atoms with E-state index in [9.17, 15) is 9.59 Å². The van der Waals surface area contributed by atoms with Gasteiger partial charge < -0.3 is 14.8 Å². The first kappa shape index (κ1) is 12.0. The van der Waals surface area contributed by atoms with Crippen LogP contribution in [0.3, 0.4) is 0 Å². The quantitative estimate of drug-likeness (QED) is 0.680. The van der Waals surface area contributed by atoms with Crippen LogP contribution in [-0.4, -0.2) is 38.2 Å². The van der Waals surface area contributed by atoms with Gasteiger partial charge in [-0.15, -0.1) is 0 Å². The van der Waals surface area contributed by atoms with E-state index in [-0.39, 0.29) is 18.4 Å². The van der Waals surface area contributed by atoms with Crippen LogP contribution < -0.4 is 5.32 Å². The Morgan fingerprint density at radius 1 is 1.33 bits per heavy atom. The summed E-state index contributed by atoms with van der Waals surface area (Å²) in [5.74, 6) is -0.587. The van der Waals surface area contributed by atoms with Gasteiger partial charge in [-0.3, -0.25) is 9.59 Å². The molecule has 1 aliphatic rings. The third-order valence-corrected chi connectivity index (χ3v) is 2.80. The molecule has 1 heterocycles. The Hall–Kier alpha value is -1.10. The molecule has 0 bridgehead atoms. The predicted molar refractivity (Wildman–Crippen MR) is 53.2 cm³/mol. The molecule has 0 amide bonds. The molecule has 1 rings (SSSR count). The lowest BCUT2D eigenvalue weighted by atomic mass is 9.92. The molecule has 0 spiro atoms. The van der Waals surface area contributed by atoms with Gasteiger partial charge in [-0.05, 0) is 25.8 Å². The molecule has 86 valence electrons. The van der Waals surface area contributed by atoms with Crippen LogP contribution in [0.2, 0.25) is 0 Å². The molecule has 1 N–H and O–H groups in total. The largest absolute Gasteiger partial charge is 0.469 e. The minimum Gasteiger partial charge on any atom is -0.469 e. The minimum atomic E-state index is -0.678. The molecular formula is C10H17NO4. The summed E-state index contributed by atoms with van der Waals surface area (Å²) in [7, 11) is 2.71. The van der Waals surface area contributed by atoms with Gasteiger partial charge >= 0.3 is 11.9 Å². The summed E-state index contributed by atoms with van der Waals surface area (Å²) in [5.41, 5.74) is -0.678. The lowest BCUT2D eigenvalue weighted by molar-refractivity contribution is -0.149. The van der Waals surface area contributed by atoms with E-state index in [1.807, 2.05) is 0 Å². The second-order valence-electron chi connectivity index (χ2n) is 3.68. The molecule has 0 radical (unpaired) electrons. The molecule has 5 nitrogen and oxygen atoms in total. The van der Waals surface area contributed by atoms with Crippen molar-refractivity contribution in [2.75, 3.05) is 20.8 Å². The van der Waals surface area contributed by atoms with Crippen molar-refractivity contribution < 1.29 is 19.1 Å². The summed E-state index contributed by atoms with van der Waals surface area (Å²) < 4.78 is 9.30. The van der Waals surface area contributed by atoms with E-state index in [1.165, 1.54) is 14.2 Å². The van der Waals surface area contributed by atoms with E-state index in [4.69, 9.17) is 4.74 Å². The van der Waals surface area contributed by atoms with Gasteiger partial charge in [-0.2, -0.15) is 0 Å². The molecule has 1 fully saturated rings. The highest BCUT2D eigenvalue weighted by molar-refractivity contribution is 5.82. The van der Waals surface area contributed by atoms with Crippen molar-refractivity contribution in [3.05, 3.63) is 0 Å². The normalized spacial score (nSPS) is 24.9. The van der Waals surface area contributed by atoms with Crippen LogP contribution >= 0.6 is 0 Å². The van der Waals surface area contributed by atoms with Crippen molar-refractivity contribution in [1.82, 2.24) is 5.32 Å². The maximum atomic E-state index is 11.6. The number of rotatable bonds is 4. The highest BCUT2D eigenvalue weighted by Crippen LogP contribution is 2.26. The molecule has 0 unspecified atom stereocenters. The Morgan fingerprint density at radius 2 is 2.07 bits per heavy atom. The summed E-state index contributed by atoms with van der Waals surface area (Å²) >= 11 is 0. The highest BCUT2D eigenvalue weighted by Gasteiger charge is 2.42. The van der Waals surface area contributed by atoms with Gasteiger partial charge in [-0.25, -0.2) is 0 Å². The zero-order chi connectivity index (χ0) is 11.3. The maximum Gasteiger partial charge on any atom is 0.326 e. The van der Waals surface area contributed by atoms with Crippen LogP contribution in [0.5, 0.6) is 0 Å². The number of hydrogen-bond donors (Lipinski definition) is 1. The summed E-state index contributed by atoms with van der Waals surface area (Å²) in [6.07, 6.45) is 2.32.